The molecule has 3 heteroatoms. The molecule has 5 rings (SSSR count). The maximum absolute atomic E-state index is 12.8. The van der Waals surface area contributed by atoms with E-state index in [1.807, 2.05) is 66.7 Å². The maximum atomic E-state index is 12.8. The Hall–Kier alpha value is -4.11. The number of hydrogen-bond donors (Lipinski definition) is 1. The zero-order valence-electron chi connectivity index (χ0n) is 17.7. The van der Waals surface area contributed by atoms with Crippen LogP contribution in [0.3, 0.4) is 0 Å². The van der Waals surface area contributed by atoms with E-state index < -0.39 is 5.97 Å². The van der Waals surface area contributed by atoms with Gasteiger partial charge in [-0.1, -0.05) is 60.7 Å². The molecule has 0 saturated heterocycles. The van der Waals surface area contributed by atoms with Crippen LogP contribution in [0.1, 0.15) is 17.3 Å². The zero-order chi connectivity index (χ0) is 22.1. The van der Waals surface area contributed by atoms with Crippen molar-refractivity contribution in [3.63, 3.8) is 0 Å². The molecule has 0 aromatic heterocycles. The highest BCUT2D eigenvalue weighted by Gasteiger charge is 2.22. The molecule has 32 heavy (non-hydrogen) atoms. The van der Waals surface area contributed by atoms with E-state index in [1.54, 1.807) is 13.0 Å². The van der Waals surface area contributed by atoms with Crippen molar-refractivity contribution >= 4 is 5.97 Å². The third kappa shape index (κ3) is 3.58. The van der Waals surface area contributed by atoms with Gasteiger partial charge in [0.25, 0.3) is 0 Å². The molecule has 0 fully saturated rings. The fourth-order valence-corrected chi connectivity index (χ4v) is 4.19. The summed E-state index contributed by atoms with van der Waals surface area (Å²) in [6.07, 6.45) is 0. The van der Waals surface area contributed by atoms with Gasteiger partial charge < -0.3 is 9.84 Å². The van der Waals surface area contributed by atoms with Gasteiger partial charge in [0.2, 0.25) is 0 Å². The van der Waals surface area contributed by atoms with Gasteiger partial charge in [0.1, 0.15) is 11.3 Å². The van der Waals surface area contributed by atoms with Gasteiger partial charge in [-0.3, -0.25) is 0 Å². The van der Waals surface area contributed by atoms with Gasteiger partial charge in [-0.15, -0.1) is 0 Å². The molecule has 1 aromatic rings. The molecule has 0 bridgehead atoms. The van der Waals surface area contributed by atoms with Gasteiger partial charge >= 0.3 is 5.97 Å². The third-order valence-corrected chi connectivity index (χ3v) is 5.70. The number of carbonyl (C=O) groups excluding carboxylic acids is 1. The molecule has 0 spiro atoms. The Kier molecular flexibility index (Phi) is 5.08. The summed E-state index contributed by atoms with van der Waals surface area (Å²) in [5.74, 6) is -0.607. The van der Waals surface area contributed by atoms with Crippen molar-refractivity contribution in [1.82, 2.24) is 0 Å². The van der Waals surface area contributed by atoms with E-state index in [4.69, 9.17) is 4.74 Å². The summed E-state index contributed by atoms with van der Waals surface area (Å²) < 4.78 is 5.27. The number of aromatic hydroxyl groups is 1. The Balaban J connectivity index is 1.73. The fraction of sp³-hybridized carbons (Fsp3) is 0.0690. The molecular weight excluding hydrogens is 396 g/mol. The van der Waals surface area contributed by atoms with Gasteiger partial charge in [-0.2, -0.15) is 0 Å². The SMILES string of the molecule is CCOC(=O)c1c(O)cc(-c2cc3cccccc-3c2)cc1-c1cc2cccccc-2c1. The molecule has 156 valence electrons. The number of phenols is 1. The predicted molar refractivity (Wildman–Crippen MR) is 128 cm³/mol. The van der Waals surface area contributed by atoms with Crippen molar-refractivity contribution < 1.29 is 14.6 Å². The van der Waals surface area contributed by atoms with Gasteiger partial charge in [-0.25, -0.2) is 4.79 Å². The predicted octanol–water partition coefficient (Wildman–Crippen LogP) is 7.11. The van der Waals surface area contributed by atoms with E-state index in [0.717, 1.165) is 38.9 Å². The van der Waals surface area contributed by atoms with Gasteiger partial charge in [0.05, 0.1) is 6.61 Å². The number of rotatable bonds is 4. The second kappa shape index (κ2) is 8.20. The molecule has 4 aliphatic carbocycles. The Bertz CT molecular complexity index is 1310. The lowest BCUT2D eigenvalue weighted by Gasteiger charge is -2.12. The van der Waals surface area contributed by atoms with Crippen LogP contribution in [0.25, 0.3) is 44.5 Å². The summed E-state index contributed by atoms with van der Waals surface area (Å²) in [4.78, 5) is 12.8. The van der Waals surface area contributed by atoms with Crippen LogP contribution in [0.15, 0.2) is 97.1 Å². The monoisotopic (exact) mass is 418 g/mol. The minimum Gasteiger partial charge on any atom is -0.507 e. The van der Waals surface area contributed by atoms with Crippen LogP contribution >= 0.6 is 0 Å². The highest BCUT2D eigenvalue weighted by Crippen LogP contribution is 2.41. The Morgan fingerprint density at radius 1 is 0.656 bits per heavy atom. The lowest BCUT2D eigenvalue weighted by atomic mass is 9.95. The molecule has 1 N–H and O–H groups in total. The smallest absolute Gasteiger partial charge is 0.342 e. The van der Waals surface area contributed by atoms with Crippen LogP contribution in [0.5, 0.6) is 5.75 Å². The molecule has 4 aliphatic rings. The number of carbonyl (C=O) groups is 1. The molecule has 0 aliphatic heterocycles. The Morgan fingerprint density at radius 2 is 1.12 bits per heavy atom. The first-order valence-corrected chi connectivity index (χ1v) is 10.7. The topological polar surface area (TPSA) is 46.5 Å². The minimum absolute atomic E-state index is 0.0810. The van der Waals surface area contributed by atoms with Gasteiger partial charge in [0.15, 0.2) is 0 Å². The number of ether oxygens (including phenoxy) is 1. The van der Waals surface area contributed by atoms with E-state index >= 15 is 0 Å². The average molecular weight is 418 g/mol. The first kappa shape index (κ1) is 19.8. The average Bonchev–Trinajstić information content (AvgIpc) is 3.22. The molecular formula is C29H22O3. The maximum Gasteiger partial charge on any atom is 0.342 e. The summed E-state index contributed by atoms with van der Waals surface area (Å²) in [6.45, 7) is 2.00. The highest BCUT2D eigenvalue weighted by atomic mass is 16.5. The van der Waals surface area contributed by atoms with Crippen molar-refractivity contribution in [2.24, 2.45) is 0 Å². The van der Waals surface area contributed by atoms with E-state index in [-0.39, 0.29) is 17.9 Å². The highest BCUT2D eigenvalue weighted by molar-refractivity contribution is 6.02. The summed E-state index contributed by atoms with van der Waals surface area (Å²) >= 11 is 0. The Morgan fingerprint density at radius 3 is 1.62 bits per heavy atom. The summed E-state index contributed by atoms with van der Waals surface area (Å²) in [5.41, 5.74) is 7.92. The van der Waals surface area contributed by atoms with Gasteiger partial charge in [0, 0.05) is 5.56 Å². The van der Waals surface area contributed by atoms with E-state index in [2.05, 4.69) is 24.3 Å². The summed E-state index contributed by atoms with van der Waals surface area (Å²) in [5, 5.41) is 10.9. The summed E-state index contributed by atoms with van der Waals surface area (Å²) in [6, 6.07) is 32.1. The number of benzene rings is 1. The van der Waals surface area contributed by atoms with E-state index in [0.29, 0.717) is 5.56 Å². The first-order valence-electron chi connectivity index (χ1n) is 10.7. The molecule has 0 atom stereocenters. The summed E-state index contributed by atoms with van der Waals surface area (Å²) in [7, 11) is 0. The van der Waals surface area contributed by atoms with Crippen LogP contribution < -0.4 is 0 Å². The number of fused-ring (bicyclic) bond motifs is 2. The van der Waals surface area contributed by atoms with Crippen LogP contribution in [0, 0.1) is 0 Å². The van der Waals surface area contributed by atoms with Crippen LogP contribution in [-0.2, 0) is 4.74 Å². The van der Waals surface area contributed by atoms with E-state index in [9.17, 15) is 9.90 Å². The zero-order valence-corrected chi connectivity index (χ0v) is 17.7. The van der Waals surface area contributed by atoms with Crippen molar-refractivity contribution in [3.05, 3.63) is 103 Å². The lowest BCUT2D eigenvalue weighted by molar-refractivity contribution is 0.0524. The number of phenolic OH excluding ortho intramolecular Hbond substituents is 1. The van der Waals surface area contributed by atoms with Crippen LogP contribution in [0.2, 0.25) is 0 Å². The van der Waals surface area contributed by atoms with Crippen LogP contribution in [0.4, 0.5) is 0 Å². The Labute approximate surface area is 187 Å². The lowest BCUT2D eigenvalue weighted by Crippen LogP contribution is -2.07. The largest absolute Gasteiger partial charge is 0.507 e. The minimum atomic E-state index is -0.526. The van der Waals surface area contributed by atoms with Crippen molar-refractivity contribution in [3.8, 4) is 50.3 Å². The van der Waals surface area contributed by atoms with Crippen molar-refractivity contribution in [1.29, 1.82) is 0 Å². The van der Waals surface area contributed by atoms with Crippen LogP contribution in [-0.4, -0.2) is 17.7 Å². The fourth-order valence-electron chi connectivity index (χ4n) is 4.19. The molecule has 0 radical (unpaired) electrons. The van der Waals surface area contributed by atoms with Crippen molar-refractivity contribution in [2.75, 3.05) is 6.61 Å². The second-order valence-electron chi connectivity index (χ2n) is 7.77. The molecule has 3 nitrogen and oxygen atoms in total. The number of esters is 1. The third-order valence-electron chi connectivity index (χ3n) is 5.70. The van der Waals surface area contributed by atoms with E-state index in [1.165, 1.54) is 0 Å². The van der Waals surface area contributed by atoms with Crippen molar-refractivity contribution in [2.45, 2.75) is 6.92 Å². The number of hydrogen-bond acceptors (Lipinski definition) is 3. The molecule has 0 heterocycles. The normalized spacial score (nSPS) is 11.0. The molecule has 1 aromatic carbocycles. The second-order valence-corrected chi connectivity index (χ2v) is 7.77. The molecule has 0 amide bonds. The quantitative estimate of drug-likeness (QED) is 0.316. The standard InChI is InChI=1S/C29H22O3/c1-2-32-29(31)28-26(25-15-21-11-7-4-8-12-22(21)16-25)17-24(18-27(28)30)23-13-19-9-5-3-6-10-20(19)14-23/h3-18,30H,2H2,1H3. The molecule has 0 unspecified atom stereocenters. The molecule has 0 saturated carbocycles. The first-order chi connectivity index (χ1) is 15.6. The van der Waals surface area contributed by atoms with Gasteiger partial charge in [-0.05, 0) is 82.3 Å².